The molecular weight excluding hydrogens is 393 g/mol. The van der Waals surface area contributed by atoms with Crippen LogP contribution in [0.1, 0.15) is 25.9 Å². The molecule has 0 aliphatic carbocycles. The van der Waals surface area contributed by atoms with Crippen LogP contribution in [0.4, 0.5) is 5.69 Å². The number of hydrogen-bond acceptors (Lipinski definition) is 5. The first-order valence-corrected chi connectivity index (χ1v) is 7.96. The molecule has 0 atom stereocenters. The monoisotopic (exact) mass is 411 g/mol. The summed E-state index contributed by atoms with van der Waals surface area (Å²) in [5.41, 5.74) is 7.48. The number of anilines is 1. The molecule has 0 saturated carbocycles. The molecule has 24 heavy (non-hydrogen) atoms. The lowest BCUT2D eigenvalue weighted by molar-refractivity contribution is 0.0951. The number of aryl methyl sites for hydroxylation is 2. The number of hydrogen-bond donors (Lipinski definition) is 2. The number of amides is 1. The number of halogens is 3. The van der Waals surface area contributed by atoms with Gasteiger partial charge in [0.05, 0.1) is 34.1 Å². The van der Waals surface area contributed by atoms with E-state index in [1.54, 1.807) is 17.4 Å². The van der Waals surface area contributed by atoms with Crippen molar-refractivity contribution in [1.82, 2.24) is 10.3 Å². The molecule has 2 rings (SSSR count). The third kappa shape index (κ3) is 5.41. The van der Waals surface area contributed by atoms with Crippen molar-refractivity contribution in [3.63, 3.8) is 0 Å². The molecule has 0 fully saturated rings. The van der Waals surface area contributed by atoms with Crippen LogP contribution in [0, 0.1) is 13.8 Å². The van der Waals surface area contributed by atoms with Gasteiger partial charge in [0.25, 0.3) is 5.91 Å². The number of ether oxygens (including phenoxy) is 1. The van der Waals surface area contributed by atoms with Crippen molar-refractivity contribution < 1.29 is 9.53 Å². The van der Waals surface area contributed by atoms with E-state index in [2.05, 4.69) is 10.3 Å². The van der Waals surface area contributed by atoms with E-state index in [0.29, 0.717) is 28.6 Å². The summed E-state index contributed by atoms with van der Waals surface area (Å²) in [6, 6.07) is 3.07. The molecule has 1 aromatic carbocycles. The van der Waals surface area contributed by atoms with Gasteiger partial charge in [-0.2, -0.15) is 0 Å². The molecule has 0 bridgehead atoms. The van der Waals surface area contributed by atoms with E-state index in [4.69, 9.17) is 22.1 Å². The van der Waals surface area contributed by atoms with Crippen LogP contribution >= 0.6 is 47.8 Å². The highest BCUT2D eigenvalue weighted by Crippen LogP contribution is 2.28. The van der Waals surface area contributed by atoms with Crippen LogP contribution in [0.25, 0.3) is 0 Å². The molecule has 1 aromatic heterocycles. The van der Waals surface area contributed by atoms with Crippen LogP contribution in [0.15, 0.2) is 12.1 Å². The molecule has 1 heterocycles. The van der Waals surface area contributed by atoms with E-state index in [-0.39, 0.29) is 30.7 Å². The van der Waals surface area contributed by atoms with E-state index in [9.17, 15) is 4.79 Å². The standard InChI is InChI=1S/C15H18ClN3O2S.2ClH/c1-8-14(22-9(2)19-8)4-5-18-15(20)10-6-11(16)12(17)7-13(10)21-3;;/h6-7H,4-5,17H2,1-3H3,(H,18,20);2*1H. The normalized spacial score (nSPS) is 9.67. The molecule has 3 N–H and O–H groups in total. The third-order valence-electron chi connectivity index (χ3n) is 3.20. The Labute approximate surface area is 162 Å². The van der Waals surface area contributed by atoms with Crippen molar-refractivity contribution in [3.8, 4) is 5.75 Å². The van der Waals surface area contributed by atoms with E-state index in [1.165, 1.54) is 18.1 Å². The quantitative estimate of drug-likeness (QED) is 0.732. The maximum Gasteiger partial charge on any atom is 0.255 e. The number of thiazole rings is 1. The summed E-state index contributed by atoms with van der Waals surface area (Å²) in [5, 5.41) is 4.23. The molecule has 0 spiro atoms. The van der Waals surface area contributed by atoms with E-state index >= 15 is 0 Å². The lowest BCUT2D eigenvalue weighted by Crippen LogP contribution is -2.26. The van der Waals surface area contributed by atoms with Crippen molar-refractivity contribution >= 4 is 59.3 Å². The topological polar surface area (TPSA) is 77.2 Å². The van der Waals surface area contributed by atoms with Gasteiger partial charge in [0.2, 0.25) is 0 Å². The Morgan fingerprint density at radius 3 is 2.58 bits per heavy atom. The number of carbonyl (C=O) groups is 1. The lowest BCUT2D eigenvalue weighted by atomic mass is 10.1. The molecule has 2 aromatic rings. The molecule has 0 unspecified atom stereocenters. The summed E-state index contributed by atoms with van der Waals surface area (Å²) in [7, 11) is 1.49. The molecule has 0 aliphatic heterocycles. The van der Waals surface area contributed by atoms with Gasteiger partial charge in [-0.3, -0.25) is 4.79 Å². The Morgan fingerprint density at radius 2 is 2.04 bits per heavy atom. The lowest BCUT2D eigenvalue weighted by Gasteiger charge is -2.11. The molecule has 0 saturated heterocycles. The zero-order valence-electron chi connectivity index (χ0n) is 13.5. The summed E-state index contributed by atoms with van der Waals surface area (Å²) in [6.45, 7) is 4.47. The number of nitrogens with zero attached hydrogens (tertiary/aromatic N) is 1. The van der Waals surface area contributed by atoms with Crippen LogP contribution in [0.2, 0.25) is 5.02 Å². The maximum atomic E-state index is 12.3. The molecule has 5 nitrogen and oxygen atoms in total. The minimum atomic E-state index is -0.238. The molecule has 0 aliphatic rings. The summed E-state index contributed by atoms with van der Waals surface area (Å²) in [5.74, 6) is 0.168. The van der Waals surface area contributed by atoms with Gasteiger partial charge in [0, 0.05) is 23.9 Å². The van der Waals surface area contributed by atoms with Crippen molar-refractivity contribution in [1.29, 1.82) is 0 Å². The second-order valence-corrected chi connectivity index (χ2v) is 6.52. The van der Waals surface area contributed by atoms with Crippen LogP contribution in [-0.4, -0.2) is 24.5 Å². The smallest absolute Gasteiger partial charge is 0.255 e. The fraction of sp³-hybridized carbons (Fsp3) is 0.333. The number of aromatic nitrogens is 1. The highest BCUT2D eigenvalue weighted by molar-refractivity contribution is 7.11. The largest absolute Gasteiger partial charge is 0.496 e. The van der Waals surface area contributed by atoms with Crippen LogP contribution < -0.4 is 15.8 Å². The van der Waals surface area contributed by atoms with Gasteiger partial charge in [0.15, 0.2) is 0 Å². The highest BCUT2D eigenvalue weighted by atomic mass is 35.5. The van der Waals surface area contributed by atoms with Crippen LogP contribution in [0.3, 0.4) is 0 Å². The minimum Gasteiger partial charge on any atom is -0.496 e. The van der Waals surface area contributed by atoms with E-state index < -0.39 is 0 Å². The first-order chi connectivity index (χ1) is 10.4. The maximum absolute atomic E-state index is 12.3. The molecule has 1 amide bonds. The first-order valence-electron chi connectivity index (χ1n) is 6.76. The van der Waals surface area contributed by atoms with Gasteiger partial charge in [-0.05, 0) is 19.9 Å². The molecule has 9 heteroatoms. The van der Waals surface area contributed by atoms with Gasteiger partial charge in [-0.25, -0.2) is 4.98 Å². The average molecular weight is 413 g/mol. The molecular formula is C15H20Cl3N3O2S. The number of nitrogens with one attached hydrogen (secondary N) is 1. The number of rotatable bonds is 5. The third-order valence-corrected chi connectivity index (χ3v) is 4.66. The zero-order valence-corrected chi connectivity index (χ0v) is 16.7. The minimum absolute atomic E-state index is 0. The average Bonchev–Trinajstić information content (AvgIpc) is 2.79. The Bertz CT molecular complexity index is 708. The summed E-state index contributed by atoms with van der Waals surface area (Å²) in [4.78, 5) is 17.8. The number of carbonyl (C=O) groups excluding carboxylic acids is 1. The van der Waals surface area contributed by atoms with Crippen molar-refractivity contribution in [3.05, 3.63) is 38.3 Å². The SMILES string of the molecule is COc1cc(N)c(Cl)cc1C(=O)NCCc1sc(C)nc1C.Cl.Cl. The fourth-order valence-electron chi connectivity index (χ4n) is 2.11. The van der Waals surface area contributed by atoms with Crippen molar-refractivity contribution in [2.45, 2.75) is 20.3 Å². The van der Waals surface area contributed by atoms with Crippen molar-refractivity contribution in [2.75, 3.05) is 19.4 Å². The van der Waals surface area contributed by atoms with Crippen LogP contribution in [0.5, 0.6) is 5.75 Å². The van der Waals surface area contributed by atoms with Gasteiger partial charge in [0.1, 0.15) is 5.75 Å². The van der Waals surface area contributed by atoms with Gasteiger partial charge in [-0.1, -0.05) is 11.6 Å². The molecule has 0 radical (unpaired) electrons. The Balaban J connectivity index is 0.00000264. The number of methoxy groups -OCH3 is 1. The Hall–Kier alpha value is -1.21. The summed E-state index contributed by atoms with van der Waals surface area (Å²) in [6.07, 6.45) is 0.744. The van der Waals surface area contributed by atoms with Gasteiger partial charge in [-0.15, -0.1) is 36.2 Å². The predicted molar refractivity (Wildman–Crippen MR) is 105 cm³/mol. The Morgan fingerprint density at radius 1 is 1.38 bits per heavy atom. The predicted octanol–water partition coefficient (Wildman–Crippen LogP) is 3.82. The fourth-order valence-corrected chi connectivity index (χ4v) is 3.21. The Kier molecular flexibility index (Phi) is 9.43. The first kappa shape index (κ1) is 22.8. The summed E-state index contributed by atoms with van der Waals surface area (Å²) >= 11 is 7.62. The van der Waals surface area contributed by atoms with Crippen molar-refractivity contribution in [2.24, 2.45) is 0 Å². The highest BCUT2D eigenvalue weighted by Gasteiger charge is 2.15. The van der Waals surface area contributed by atoms with Gasteiger partial charge < -0.3 is 15.8 Å². The second kappa shape index (κ2) is 9.93. The number of nitrogens with two attached hydrogens (primary N) is 1. The van der Waals surface area contributed by atoms with E-state index in [1.807, 2.05) is 13.8 Å². The van der Waals surface area contributed by atoms with Crippen LogP contribution in [-0.2, 0) is 6.42 Å². The zero-order chi connectivity index (χ0) is 16.3. The summed E-state index contributed by atoms with van der Waals surface area (Å²) < 4.78 is 5.18. The van der Waals surface area contributed by atoms with Gasteiger partial charge >= 0.3 is 0 Å². The second-order valence-electron chi connectivity index (χ2n) is 4.82. The van der Waals surface area contributed by atoms with E-state index in [0.717, 1.165) is 17.1 Å². The number of benzene rings is 1. The number of nitrogen functional groups attached to an aromatic ring is 1. The molecule has 134 valence electrons.